The molecule has 0 N–H and O–H groups in total. The standard InChI is InChI=1S/C12H11NO2/c1-14-12-7-3-2-6-11(12)13-9-10-5-4-8-15-10/h2-9H,1H3/b13-9+. The van der Waals surface area contributed by atoms with Crippen LogP contribution in [0.25, 0.3) is 0 Å². The lowest BCUT2D eigenvalue weighted by Gasteiger charge is -2.01. The molecule has 0 aliphatic rings. The summed E-state index contributed by atoms with van der Waals surface area (Å²) in [6, 6.07) is 11.2. The van der Waals surface area contributed by atoms with E-state index >= 15 is 0 Å². The molecule has 76 valence electrons. The number of methoxy groups -OCH3 is 1. The van der Waals surface area contributed by atoms with Crippen molar-refractivity contribution in [3.8, 4) is 5.75 Å². The van der Waals surface area contributed by atoms with Crippen LogP contribution in [0.5, 0.6) is 5.75 Å². The van der Waals surface area contributed by atoms with Crippen LogP contribution < -0.4 is 4.74 Å². The van der Waals surface area contributed by atoms with E-state index in [0.29, 0.717) is 0 Å². The topological polar surface area (TPSA) is 34.7 Å². The van der Waals surface area contributed by atoms with Crippen LogP contribution in [0.1, 0.15) is 5.76 Å². The summed E-state index contributed by atoms with van der Waals surface area (Å²) in [6.45, 7) is 0. The van der Waals surface area contributed by atoms with Crippen LogP contribution in [-0.4, -0.2) is 13.3 Å². The summed E-state index contributed by atoms with van der Waals surface area (Å²) >= 11 is 0. The number of ether oxygens (including phenoxy) is 1. The van der Waals surface area contributed by atoms with Gasteiger partial charge >= 0.3 is 0 Å². The molecule has 0 atom stereocenters. The number of furan rings is 1. The first kappa shape index (κ1) is 9.52. The normalized spacial score (nSPS) is 10.7. The minimum atomic E-state index is 0.723. The summed E-state index contributed by atoms with van der Waals surface area (Å²) in [4.78, 5) is 4.28. The molecule has 2 rings (SSSR count). The minimum Gasteiger partial charge on any atom is -0.494 e. The summed E-state index contributed by atoms with van der Waals surface area (Å²) in [5.74, 6) is 1.47. The van der Waals surface area contributed by atoms with E-state index in [0.717, 1.165) is 17.2 Å². The van der Waals surface area contributed by atoms with Crippen molar-refractivity contribution >= 4 is 11.9 Å². The fourth-order valence-corrected chi connectivity index (χ4v) is 1.23. The van der Waals surface area contributed by atoms with E-state index in [-0.39, 0.29) is 0 Å². The van der Waals surface area contributed by atoms with Gasteiger partial charge in [0.05, 0.1) is 19.6 Å². The quantitative estimate of drug-likeness (QED) is 0.715. The van der Waals surface area contributed by atoms with Crippen LogP contribution in [0, 0.1) is 0 Å². The Labute approximate surface area is 88.0 Å². The monoisotopic (exact) mass is 201 g/mol. The van der Waals surface area contributed by atoms with E-state index in [9.17, 15) is 0 Å². The summed E-state index contributed by atoms with van der Waals surface area (Å²) in [7, 11) is 1.63. The zero-order chi connectivity index (χ0) is 10.5. The van der Waals surface area contributed by atoms with E-state index < -0.39 is 0 Å². The van der Waals surface area contributed by atoms with Crippen LogP contribution in [0.3, 0.4) is 0 Å². The highest BCUT2D eigenvalue weighted by Crippen LogP contribution is 2.25. The lowest BCUT2D eigenvalue weighted by atomic mass is 10.3. The van der Waals surface area contributed by atoms with Gasteiger partial charge in [0, 0.05) is 0 Å². The number of nitrogens with zero attached hydrogens (tertiary/aromatic N) is 1. The van der Waals surface area contributed by atoms with Crippen LogP contribution in [-0.2, 0) is 0 Å². The van der Waals surface area contributed by atoms with Gasteiger partial charge in [-0.2, -0.15) is 0 Å². The van der Waals surface area contributed by atoms with Gasteiger partial charge in [0.25, 0.3) is 0 Å². The van der Waals surface area contributed by atoms with Crippen LogP contribution in [0.4, 0.5) is 5.69 Å². The molecule has 1 aromatic carbocycles. The molecular formula is C12H11NO2. The molecule has 15 heavy (non-hydrogen) atoms. The molecule has 0 fully saturated rings. The fourth-order valence-electron chi connectivity index (χ4n) is 1.23. The van der Waals surface area contributed by atoms with Crippen molar-refractivity contribution in [3.63, 3.8) is 0 Å². The number of rotatable bonds is 3. The SMILES string of the molecule is COc1ccccc1/N=C/c1ccco1. The van der Waals surface area contributed by atoms with Gasteiger partial charge in [0.2, 0.25) is 0 Å². The summed E-state index contributed by atoms with van der Waals surface area (Å²) < 4.78 is 10.3. The van der Waals surface area contributed by atoms with E-state index in [4.69, 9.17) is 9.15 Å². The number of hydrogen-bond donors (Lipinski definition) is 0. The van der Waals surface area contributed by atoms with Crippen molar-refractivity contribution in [2.24, 2.45) is 4.99 Å². The van der Waals surface area contributed by atoms with Gasteiger partial charge < -0.3 is 9.15 Å². The molecule has 0 bridgehead atoms. The Balaban J connectivity index is 2.24. The van der Waals surface area contributed by atoms with Crippen molar-refractivity contribution in [3.05, 3.63) is 48.4 Å². The van der Waals surface area contributed by atoms with Gasteiger partial charge in [0.1, 0.15) is 17.2 Å². The van der Waals surface area contributed by atoms with Crippen molar-refractivity contribution in [1.29, 1.82) is 0 Å². The lowest BCUT2D eigenvalue weighted by molar-refractivity contribution is 0.416. The Bertz CT molecular complexity index is 446. The maximum Gasteiger partial charge on any atom is 0.144 e. The Kier molecular flexibility index (Phi) is 2.83. The Morgan fingerprint density at radius 1 is 1.20 bits per heavy atom. The highest BCUT2D eigenvalue weighted by atomic mass is 16.5. The third kappa shape index (κ3) is 2.26. The maximum atomic E-state index is 5.17. The minimum absolute atomic E-state index is 0.723. The molecule has 0 unspecified atom stereocenters. The molecule has 0 aliphatic heterocycles. The lowest BCUT2D eigenvalue weighted by Crippen LogP contribution is -1.82. The van der Waals surface area contributed by atoms with E-state index in [1.54, 1.807) is 19.6 Å². The van der Waals surface area contributed by atoms with Crippen LogP contribution >= 0.6 is 0 Å². The highest BCUT2D eigenvalue weighted by Gasteiger charge is 1.98. The predicted molar refractivity (Wildman–Crippen MR) is 59.0 cm³/mol. The smallest absolute Gasteiger partial charge is 0.144 e. The molecule has 2 aromatic rings. The zero-order valence-electron chi connectivity index (χ0n) is 8.38. The van der Waals surface area contributed by atoms with Crippen LogP contribution in [0.15, 0.2) is 52.1 Å². The van der Waals surface area contributed by atoms with E-state index in [1.807, 2.05) is 36.4 Å². The molecule has 0 saturated carbocycles. The van der Waals surface area contributed by atoms with Gasteiger partial charge in [-0.05, 0) is 24.3 Å². The Morgan fingerprint density at radius 3 is 2.73 bits per heavy atom. The number of para-hydroxylation sites is 2. The van der Waals surface area contributed by atoms with Crippen molar-refractivity contribution < 1.29 is 9.15 Å². The summed E-state index contributed by atoms with van der Waals surface area (Å²) in [6.07, 6.45) is 3.28. The first-order valence-electron chi connectivity index (χ1n) is 4.61. The second-order valence-electron chi connectivity index (χ2n) is 2.95. The second-order valence-corrected chi connectivity index (χ2v) is 2.95. The third-order valence-corrected chi connectivity index (χ3v) is 1.96. The number of benzene rings is 1. The Morgan fingerprint density at radius 2 is 2.07 bits per heavy atom. The van der Waals surface area contributed by atoms with Gasteiger partial charge in [-0.3, -0.25) is 0 Å². The molecule has 1 heterocycles. The fraction of sp³-hybridized carbons (Fsp3) is 0.0833. The van der Waals surface area contributed by atoms with Crippen LogP contribution in [0.2, 0.25) is 0 Å². The first-order valence-corrected chi connectivity index (χ1v) is 4.61. The van der Waals surface area contributed by atoms with Gasteiger partial charge in [-0.25, -0.2) is 4.99 Å². The molecule has 3 nitrogen and oxygen atoms in total. The Hall–Kier alpha value is -2.03. The number of aliphatic imine (C=N–C) groups is 1. The molecule has 0 radical (unpaired) electrons. The molecule has 0 saturated heterocycles. The highest BCUT2D eigenvalue weighted by molar-refractivity contribution is 5.79. The summed E-state index contributed by atoms with van der Waals surface area (Å²) in [5, 5.41) is 0. The van der Waals surface area contributed by atoms with Gasteiger partial charge in [-0.15, -0.1) is 0 Å². The molecule has 0 amide bonds. The van der Waals surface area contributed by atoms with Crippen molar-refractivity contribution in [2.75, 3.05) is 7.11 Å². The number of hydrogen-bond acceptors (Lipinski definition) is 3. The first-order chi connectivity index (χ1) is 7.40. The molecule has 1 aromatic heterocycles. The third-order valence-electron chi connectivity index (χ3n) is 1.96. The van der Waals surface area contributed by atoms with Gasteiger partial charge in [0.15, 0.2) is 0 Å². The van der Waals surface area contributed by atoms with Gasteiger partial charge in [-0.1, -0.05) is 12.1 Å². The molecule has 0 spiro atoms. The second kappa shape index (κ2) is 4.46. The van der Waals surface area contributed by atoms with E-state index in [2.05, 4.69) is 4.99 Å². The maximum absolute atomic E-state index is 5.17. The van der Waals surface area contributed by atoms with E-state index in [1.165, 1.54) is 0 Å². The van der Waals surface area contributed by atoms with Crippen molar-refractivity contribution in [1.82, 2.24) is 0 Å². The zero-order valence-corrected chi connectivity index (χ0v) is 8.38. The largest absolute Gasteiger partial charge is 0.494 e. The predicted octanol–water partition coefficient (Wildman–Crippen LogP) is 3.04. The molecule has 0 aliphatic carbocycles. The average molecular weight is 201 g/mol. The summed E-state index contributed by atoms with van der Waals surface area (Å²) in [5.41, 5.74) is 0.788. The average Bonchev–Trinajstić information content (AvgIpc) is 2.79. The molecular weight excluding hydrogens is 190 g/mol. The van der Waals surface area contributed by atoms with Crippen molar-refractivity contribution in [2.45, 2.75) is 0 Å². The molecule has 3 heteroatoms.